The third kappa shape index (κ3) is 4.72. The van der Waals surface area contributed by atoms with Crippen molar-refractivity contribution in [2.75, 3.05) is 13.1 Å². The van der Waals surface area contributed by atoms with Crippen molar-refractivity contribution in [2.24, 2.45) is 5.92 Å². The minimum atomic E-state index is 0. The first-order valence-electron chi connectivity index (χ1n) is 7.88. The summed E-state index contributed by atoms with van der Waals surface area (Å²) in [6, 6.07) is 10.9. The molecule has 1 amide bonds. The van der Waals surface area contributed by atoms with Crippen LogP contribution in [-0.4, -0.2) is 25.0 Å². The highest BCUT2D eigenvalue weighted by Crippen LogP contribution is 2.40. The van der Waals surface area contributed by atoms with Gasteiger partial charge in [-0.15, -0.1) is 12.4 Å². The van der Waals surface area contributed by atoms with Gasteiger partial charge in [-0.3, -0.25) is 4.79 Å². The molecule has 1 aliphatic carbocycles. The fraction of sp³-hybridized carbons (Fsp3) is 0.588. The predicted octanol–water partition coefficient (Wildman–Crippen LogP) is 2.86. The molecule has 2 N–H and O–H groups in total. The molecule has 2 aliphatic rings. The summed E-state index contributed by atoms with van der Waals surface area (Å²) in [6.45, 7) is 2.23. The molecule has 1 aliphatic heterocycles. The highest BCUT2D eigenvalue weighted by Gasteiger charge is 2.39. The van der Waals surface area contributed by atoms with Crippen LogP contribution in [0.25, 0.3) is 0 Å². The highest BCUT2D eigenvalue weighted by atomic mass is 35.5. The number of carbonyl (C=O) groups is 1. The van der Waals surface area contributed by atoms with Gasteiger partial charge in [-0.1, -0.05) is 30.3 Å². The number of rotatable bonds is 5. The van der Waals surface area contributed by atoms with E-state index in [1.165, 1.54) is 18.4 Å². The number of halogens is 1. The standard InChI is InChI=1S/C17H24N2O.ClH/c20-17(7-6-13-8-10-18-11-9-13)19-16-12-15(16)14-4-2-1-3-5-14;/h1-5,13,15-16,18H,6-12H2,(H,19,20);1H. The van der Waals surface area contributed by atoms with Gasteiger partial charge in [-0.05, 0) is 50.3 Å². The minimum absolute atomic E-state index is 0. The molecular weight excluding hydrogens is 284 g/mol. The topological polar surface area (TPSA) is 41.1 Å². The van der Waals surface area contributed by atoms with Crippen molar-refractivity contribution in [1.82, 2.24) is 10.6 Å². The molecule has 1 heterocycles. The summed E-state index contributed by atoms with van der Waals surface area (Å²) in [5, 5.41) is 6.56. The van der Waals surface area contributed by atoms with Gasteiger partial charge < -0.3 is 10.6 Å². The summed E-state index contributed by atoms with van der Waals surface area (Å²) in [7, 11) is 0. The van der Waals surface area contributed by atoms with Crippen molar-refractivity contribution in [3.05, 3.63) is 35.9 Å². The van der Waals surface area contributed by atoms with Gasteiger partial charge >= 0.3 is 0 Å². The molecule has 1 saturated carbocycles. The maximum Gasteiger partial charge on any atom is 0.220 e. The van der Waals surface area contributed by atoms with Gasteiger partial charge in [0, 0.05) is 18.4 Å². The Labute approximate surface area is 133 Å². The van der Waals surface area contributed by atoms with Crippen LogP contribution in [-0.2, 0) is 4.79 Å². The molecule has 0 bridgehead atoms. The van der Waals surface area contributed by atoms with Crippen molar-refractivity contribution in [3.63, 3.8) is 0 Å². The molecule has 3 rings (SSSR count). The number of amides is 1. The number of carbonyl (C=O) groups excluding carboxylic acids is 1. The molecular formula is C17H25ClN2O. The zero-order valence-electron chi connectivity index (χ0n) is 12.4. The van der Waals surface area contributed by atoms with Crippen molar-refractivity contribution >= 4 is 18.3 Å². The van der Waals surface area contributed by atoms with E-state index in [1.54, 1.807) is 0 Å². The van der Waals surface area contributed by atoms with Gasteiger partial charge in [-0.2, -0.15) is 0 Å². The first kappa shape index (κ1) is 16.3. The third-order valence-electron chi connectivity index (χ3n) is 4.60. The van der Waals surface area contributed by atoms with E-state index < -0.39 is 0 Å². The van der Waals surface area contributed by atoms with Gasteiger partial charge in [0.15, 0.2) is 0 Å². The maximum absolute atomic E-state index is 12.0. The molecule has 1 aromatic carbocycles. The van der Waals surface area contributed by atoms with Crippen LogP contribution >= 0.6 is 12.4 Å². The number of benzene rings is 1. The predicted molar refractivity (Wildman–Crippen MR) is 87.8 cm³/mol. The normalized spacial score (nSPS) is 25.0. The average molecular weight is 309 g/mol. The number of piperidine rings is 1. The highest BCUT2D eigenvalue weighted by molar-refractivity contribution is 5.85. The molecule has 1 aromatic rings. The lowest BCUT2D eigenvalue weighted by atomic mass is 9.93. The maximum atomic E-state index is 12.0. The van der Waals surface area contributed by atoms with E-state index >= 15 is 0 Å². The zero-order chi connectivity index (χ0) is 13.8. The van der Waals surface area contributed by atoms with Crippen molar-refractivity contribution in [3.8, 4) is 0 Å². The second-order valence-corrected chi connectivity index (χ2v) is 6.16. The van der Waals surface area contributed by atoms with Crippen LogP contribution in [0.5, 0.6) is 0 Å². The van der Waals surface area contributed by atoms with Crippen LogP contribution in [0, 0.1) is 5.92 Å². The summed E-state index contributed by atoms with van der Waals surface area (Å²) in [5.41, 5.74) is 1.36. The quantitative estimate of drug-likeness (QED) is 0.878. The second kappa shape index (κ2) is 7.81. The van der Waals surface area contributed by atoms with Crippen molar-refractivity contribution in [2.45, 2.75) is 44.1 Å². The smallest absolute Gasteiger partial charge is 0.220 e. The molecule has 116 valence electrons. The van der Waals surface area contributed by atoms with Crippen LogP contribution in [0.1, 0.15) is 43.6 Å². The minimum Gasteiger partial charge on any atom is -0.353 e. The van der Waals surface area contributed by atoms with E-state index in [0.29, 0.717) is 18.4 Å². The molecule has 21 heavy (non-hydrogen) atoms. The third-order valence-corrected chi connectivity index (χ3v) is 4.60. The molecule has 1 saturated heterocycles. The molecule has 3 nitrogen and oxygen atoms in total. The van der Waals surface area contributed by atoms with Gasteiger partial charge in [0.05, 0.1) is 0 Å². The fourth-order valence-electron chi connectivity index (χ4n) is 3.21. The number of nitrogens with one attached hydrogen (secondary N) is 2. The second-order valence-electron chi connectivity index (χ2n) is 6.16. The van der Waals surface area contributed by atoms with Gasteiger partial charge in [0.1, 0.15) is 0 Å². The van der Waals surface area contributed by atoms with Crippen molar-refractivity contribution in [1.29, 1.82) is 0 Å². The van der Waals surface area contributed by atoms with Gasteiger partial charge in [0.25, 0.3) is 0 Å². The summed E-state index contributed by atoms with van der Waals surface area (Å²) in [6.07, 6.45) is 5.30. The van der Waals surface area contributed by atoms with E-state index in [0.717, 1.165) is 31.8 Å². The number of hydrogen-bond acceptors (Lipinski definition) is 2. The van der Waals surface area contributed by atoms with E-state index in [-0.39, 0.29) is 18.3 Å². The fourth-order valence-corrected chi connectivity index (χ4v) is 3.21. The Morgan fingerprint density at radius 3 is 2.62 bits per heavy atom. The Balaban J connectivity index is 0.00000161. The Kier molecular flexibility index (Phi) is 6.07. The Morgan fingerprint density at radius 2 is 1.90 bits per heavy atom. The molecule has 2 atom stereocenters. The SMILES string of the molecule is Cl.O=C(CCC1CCNCC1)NC1CC1c1ccccc1. The molecule has 0 spiro atoms. The van der Waals surface area contributed by atoms with Crippen molar-refractivity contribution < 1.29 is 4.79 Å². The molecule has 2 unspecified atom stereocenters. The molecule has 0 aromatic heterocycles. The average Bonchev–Trinajstić information content (AvgIpc) is 3.26. The van der Waals surface area contributed by atoms with Gasteiger partial charge in [-0.25, -0.2) is 0 Å². The monoisotopic (exact) mass is 308 g/mol. The largest absolute Gasteiger partial charge is 0.353 e. The molecule has 4 heteroatoms. The Bertz CT molecular complexity index is 445. The summed E-state index contributed by atoms with van der Waals surface area (Å²) in [4.78, 5) is 12.0. The summed E-state index contributed by atoms with van der Waals surface area (Å²) >= 11 is 0. The zero-order valence-corrected chi connectivity index (χ0v) is 13.2. The number of hydrogen-bond donors (Lipinski definition) is 2. The first-order valence-corrected chi connectivity index (χ1v) is 7.88. The lowest BCUT2D eigenvalue weighted by Gasteiger charge is -2.22. The summed E-state index contributed by atoms with van der Waals surface area (Å²) < 4.78 is 0. The first-order chi connectivity index (χ1) is 9.83. The van der Waals surface area contributed by atoms with E-state index in [9.17, 15) is 4.79 Å². The van der Waals surface area contributed by atoms with E-state index in [1.807, 2.05) is 6.07 Å². The molecule has 2 fully saturated rings. The Hall–Kier alpha value is -1.06. The van der Waals surface area contributed by atoms with E-state index in [2.05, 4.69) is 34.9 Å². The van der Waals surface area contributed by atoms with E-state index in [4.69, 9.17) is 0 Å². The van der Waals surface area contributed by atoms with Crippen LogP contribution in [0.4, 0.5) is 0 Å². The van der Waals surface area contributed by atoms with Crippen LogP contribution in [0.2, 0.25) is 0 Å². The van der Waals surface area contributed by atoms with Crippen LogP contribution in [0.3, 0.4) is 0 Å². The van der Waals surface area contributed by atoms with Crippen LogP contribution in [0.15, 0.2) is 30.3 Å². The lowest BCUT2D eigenvalue weighted by molar-refractivity contribution is -0.121. The Morgan fingerprint density at radius 1 is 1.19 bits per heavy atom. The van der Waals surface area contributed by atoms with Gasteiger partial charge in [0.2, 0.25) is 5.91 Å². The van der Waals surface area contributed by atoms with Crippen LogP contribution < -0.4 is 10.6 Å². The molecule has 0 radical (unpaired) electrons. The lowest BCUT2D eigenvalue weighted by Crippen LogP contribution is -2.30. The summed E-state index contributed by atoms with van der Waals surface area (Å²) in [5.74, 6) is 1.53.